The van der Waals surface area contributed by atoms with Crippen LogP contribution < -0.4 is 15.2 Å². The van der Waals surface area contributed by atoms with Gasteiger partial charge in [-0.2, -0.15) is 0 Å². The van der Waals surface area contributed by atoms with Crippen LogP contribution in [-0.4, -0.2) is 11.0 Å². The number of rotatable bonds is 4. The molecule has 0 bridgehead atoms. The first-order valence-corrected chi connectivity index (χ1v) is 6.45. The molecule has 2 rings (SSSR count). The summed E-state index contributed by atoms with van der Waals surface area (Å²) in [5.41, 5.74) is 5.01. The molecule has 2 aromatic rings. The molecule has 0 unspecified atom stereocenters. The molecule has 7 heteroatoms. The number of hydrogen-bond acceptors (Lipinski definition) is 4. The molecule has 1 aromatic carbocycles. The highest BCUT2D eigenvalue weighted by molar-refractivity contribution is 7.98. The number of urea groups is 1. The number of nitrogens with zero attached hydrogens (tertiary/aromatic N) is 1. The highest BCUT2D eigenvalue weighted by Gasteiger charge is 2.09. The van der Waals surface area contributed by atoms with E-state index in [-0.39, 0.29) is 0 Å². The molecule has 0 spiro atoms. The van der Waals surface area contributed by atoms with Crippen molar-refractivity contribution in [3.63, 3.8) is 0 Å². The number of nitrogens with one attached hydrogen (secondary N) is 1. The van der Waals surface area contributed by atoms with Gasteiger partial charge in [0.1, 0.15) is 5.75 Å². The molecular weight excluding hydrogens is 286 g/mol. The summed E-state index contributed by atoms with van der Waals surface area (Å²) >= 11 is 6.85. The van der Waals surface area contributed by atoms with Crippen molar-refractivity contribution >= 4 is 29.6 Å². The Labute approximate surface area is 119 Å². The van der Waals surface area contributed by atoms with Gasteiger partial charge in [0.25, 0.3) is 0 Å². The van der Waals surface area contributed by atoms with E-state index in [2.05, 4.69) is 9.71 Å². The zero-order chi connectivity index (χ0) is 13.7. The number of pyridine rings is 1. The van der Waals surface area contributed by atoms with Crippen LogP contribution in [0.25, 0.3) is 0 Å². The third kappa shape index (κ3) is 4.04. The number of benzene rings is 1. The molecule has 0 fully saturated rings. The van der Waals surface area contributed by atoms with Crippen LogP contribution in [0, 0.1) is 0 Å². The van der Waals surface area contributed by atoms with Gasteiger partial charge in [0.2, 0.25) is 0 Å². The monoisotopic (exact) mass is 295 g/mol. The van der Waals surface area contributed by atoms with Crippen LogP contribution in [0.4, 0.5) is 4.79 Å². The first-order valence-electron chi connectivity index (χ1n) is 5.26. The van der Waals surface area contributed by atoms with Gasteiger partial charge in [-0.05, 0) is 12.1 Å². The first-order chi connectivity index (χ1) is 9.15. The van der Waals surface area contributed by atoms with Gasteiger partial charge in [0, 0.05) is 24.2 Å². The Balaban J connectivity index is 2.22. The minimum atomic E-state index is -0.660. The molecule has 1 aromatic heterocycles. The molecule has 19 heavy (non-hydrogen) atoms. The number of para-hydroxylation sites is 1. The SMILES string of the molecule is NC(=O)NSc1ncc(Cl)cc1Oc1ccccc1. The molecule has 0 saturated heterocycles. The number of nitrogens with two attached hydrogens (primary N) is 1. The number of primary amides is 1. The lowest BCUT2D eigenvalue weighted by molar-refractivity contribution is 0.254. The van der Waals surface area contributed by atoms with Crippen molar-refractivity contribution < 1.29 is 9.53 Å². The number of hydrogen-bond donors (Lipinski definition) is 2. The molecule has 3 N–H and O–H groups in total. The van der Waals surface area contributed by atoms with E-state index in [9.17, 15) is 4.79 Å². The van der Waals surface area contributed by atoms with Crippen LogP contribution in [0.2, 0.25) is 5.02 Å². The van der Waals surface area contributed by atoms with Crippen molar-refractivity contribution in [3.8, 4) is 11.5 Å². The van der Waals surface area contributed by atoms with E-state index in [1.54, 1.807) is 18.2 Å². The summed E-state index contributed by atoms with van der Waals surface area (Å²) in [5, 5.41) is 0.904. The van der Waals surface area contributed by atoms with Crippen LogP contribution in [-0.2, 0) is 0 Å². The number of carbonyl (C=O) groups excluding carboxylic acids is 1. The molecule has 0 radical (unpaired) electrons. The van der Waals surface area contributed by atoms with Gasteiger partial charge in [-0.25, -0.2) is 9.78 Å². The van der Waals surface area contributed by atoms with Crippen molar-refractivity contribution in [1.82, 2.24) is 9.71 Å². The van der Waals surface area contributed by atoms with Crippen LogP contribution >= 0.6 is 23.5 Å². The fourth-order valence-corrected chi connectivity index (χ4v) is 1.92. The summed E-state index contributed by atoms with van der Waals surface area (Å²) in [6.07, 6.45) is 1.46. The maximum absolute atomic E-state index is 10.7. The van der Waals surface area contributed by atoms with E-state index in [0.29, 0.717) is 21.5 Å². The Morgan fingerprint density at radius 1 is 1.37 bits per heavy atom. The number of halogens is 1. The van der Waals surface area contributed by atoms with E-state index in [1.807, 2.05) is 18.2 Å². The van der Waals surface area contributed by atoms with Gasteiger partial charge in [0.05, 0.1) is 5.02 Å². The van der Waals surface area contributed by atoms with Gasteiger partial charge < -0.3 is 10.5 Å². The largest absolute Gasteiger partial charge is 0.454 e. The molecule has 1 heterocycles. The predicted molar refractivity (Wildman–Crippen MR) is 74.3 cm³/mol. The molecule has 5 nitrogen and oxygen atoms in total. The van der Waals surface area contributed by atoms with E-state index in [0.717, 1.165) is 11.9 Å². The van der Waals surface area contributed by atoms with E-state index in [4.69, 9.17) is 22.1 Å². The van der Waals surface area contributed by atoms with Crippen molar-refractivity contribution in [2.24, 2.45) is 5.73 Å². The third-order valence-electron chi connectivity index (χ3n) is 2.00. The van der Waals surface area contributed by atoms with Crippen molar-refractivity contribution in [3.05, 3.63) is 47.6 Å². The summed E-state index contributed by atoms with van der Waals surface area (Å²) in [5.74, 6) is 1.09. The summed E-state index contributed by atoms with van der Waals surface area (Å²) in [6.45, 7) is 0. The summed E-state index contributed by atoms with van der Waals surface area (Å²) in [7, 11) is 0. The molecule has 2 amide bonds. The fraction of sp³-hybridized carbons (Fsp3) is 0. The number of aromatic nitrogens is 1. The zero-order valence-electron chi connectivity index (χ0n) is 9.67. The van der Waals surface area contributed by atoms with Gasteiger partial charge in [-0.15, -0.1) is 0 Å². The van der Waals surface area contributed by atoms with Crippen LogP contribution in [0.3, 0.4) is 0 Å². The van der Waals surface area contributed by atoms with E-state index < -0.39 is 6.03 Å². The van der Waals surface area contributed by atoms with Gasteiger partial charge in [0.15, 0.2) is 10.8 Å². The van der Waals surface area contributed by atoms with Crippen molar-refractivity contribution in [2.45, 2.75) is 5.03 Å². The minimum absolute atomic E-state index is 0.439. The highest BCUT2D eigenvalue weighted by Crippen LogP contribution is 2.31. The second-order valence-electron chi connectivity index (χ2n) is 3.44. The lowest BCUT2D eigenvalue weighted by Gasteiger charge is -2.10. The summed E-state index contributed by atoms with van der Waals surface area (Å²) in [6, 6.07) is 10.1. The molecule has 0 atom stereocenters. The maximum Gasteiger partial charge on any atom is 0.322 e. The molecule has 0 aliphatic carbocycles. The van der Waals surface area contributed by atoms with Gasteiger partial charge in [-0.1, -0.05) is 29.8 Å². The predicted octanol–water partition coefficient (Wildman–Crippen LogP) is 3.20. The average molecular weight is 296 g/mol. The first kappa shape index (κ1) is 13.5. The standard InChI is InChI=1S/C12H10ClN3O2S/c13-8-6-10(18-9-4-2-1-3-5-9)11(15-7-8)19-16-12(14)17/h1-7H,(H3,14,16,17). The third-order valence-corrected chi connectivity index (χ3v) is 3.01. The van der Waals surface area contributed by atoms with E-state index in [1.165, 1.54) is 6.20 Å². The number of ether oxygens (including phenoxy) is 1. The highest BCUT2D eigenvalue weighted by atomic mass is 35.5. The fourth-order valence-electron chi connectivity index (χ4n) is 1.27. The summed E-state index contributed by atoms with van der Waals surface area (Å²) < 4.78 is 8.04. The Morgan fingerprint density at radius 2 is 2.11 bits per heavy atom. The van der Waals surface area contributed by atoms with Crippen molar-refractivity contribution in [2.75, 3.05) is 0 Å². The molecule has 0 aliphatic rings. The lowest BCUT2D eigenvalue weighted by Crippen LogP contribution is -2.23. The molecule has 0 aliphatic heterocycles. The molecule has 0 saturated carbocycles. The maximum atomic E-state index is 10.7. The number of amides is 2. The second kappa shape index (κ2) is 6.31. The molecule has 98 valence electrons. The van der Waals surface area contributed by atoms with Crippen LogP contribution in [0.1, 0.15) is 0 Å². The zero-order valence-corrected chi connectivity index (χ0v) is 11.2. The van der Waals surface area contributed by atoms with Gasteiger partial charge >= 0.3 is 6.03 Å². The minimum Gasteiger partial charge on any atom is -0.454 e. The topological polar surface area (TPSA) is 77.2 Å². The second-order valence-corrected chi connectivity index (χ2v) is 4.67. The normalized spacial score (nSPS) is 9.95. The van der Waals surface area contributed by atoms with Crippen LogP contribution in [0.15, 0.2) is 47.6 Å². The average Bonchev–Trinajstić information content (AvgIpc) is 2.39. The van der Waals surface area contributed by atoms with Crippen molar-refractivity contribution in [1.29, 1.82) is 0 Å². The number of carbonyl (C=O) groups is 1. The smallest absolute Gasteiger partial charge is 0.322 e. The molecular formula is C12H10ClN3O2S. The Bertz CT molecular complexity index is 580. The Kier molecular flexibility index (Phi) is 4.48. The van der Waals surface area contributed by atoms with Crippen LogP contribution in [0.5, 0.6) is 11.5 Å². The lowest BCUT2D eigenvalue weighted by atomic mass is 10.3. The Morgan fingerprint density at radius 3 is 2.79 bits per heavy atom. The quantitative estimate of drug-likeness (QED) is 0.849. The Hall–Kier alpha value is -1.92. The van der Waals surface area contributed by atoms with Gasteiger partial charge in [-0.3, -0.25) is 4.72 Å². The van der Waals surface area contributed by atoms with E-state index >= 15 is 0 Å². The summed E-state index contributed by atoms with van der Waals surface area (Å²) in [4.78, 5) is 14.8.